The van der Waals surface area contributed by atoms with Crippen LogP contribution in [0.3, 0.4) is 0 Å². The number of esters is 1. The summed E-state index contributed by atoms with van der Waals surface area (Å²) in [5, 5.41) is 1.14. The highest BCUT2D eigenvalue weighted by Crippen LogP contribution is 2.45. The molecule has 1 fully saturated rings. The van der Waals surface area contributed by atoms with Crippen LogP contribution >= 0.6 is 35.0 Å². The molecule has 0 aliphatic carbocycles. The van der Waals surface area contributed by atoms with Crippen molar-refractivity contribution in [2.45, 2.75) is 25.1 Å². The van der Waals surface area contributed by atoms with Crippen LogP contribution in [-0.2, 0) is 14.3 Å². The van der Waals surface area contributed by atoms with Gasteiger partial charge in [0, 0.05) is 10.0 Å². The van der Waals surface area contributed by atoms with Gasteiger partial charge in [-0.25, -0.2) is 9.79 Å². The highest BCUT2D eigenvalue weighted by atomic mass is 35.5. The Bertz CT molecular complexity index is 807. The maximum atomic E-state index is 12.6. The van der Waals surface area contributed by atoms with E-state index in [-0.39, 0.29) is 11.2 Å². The molecule has 3 rings (SSSR count). The van der Waals surface area contributed by atoms with Crippen molar-refractivity contribution in [3.63, 3.8) is 0 Å². The standard InChI is InChI=1S/C16H14Cl2N2O3S/c1-7-12(15(22)23-3)13(10-5-4-9(17)6-11(10)18)20-14(21)8(2)24-16(20)19-7/h4-6,8,13H,1-3H3/t8-,13+/m1/s1. The summed E-state index contributed by atoms with van der Waals surface area (Å²) in [6.45, 7) is 3.53. The second-order valence-electron chi connectivity index (χ2n) is 5.42. The number of allylic oxidation sites excluding steroid dienone is 1. The molecular weight excluding hydrogens is 371 g/mol. The summed E-state index contributed by atoms with van der Waals surface area (Å²) in [5.41, 5.74) is 1.42. The predicted molar refractivity (Wildman–Crippen MR) is 95.3 cm³/mol. The van der Waals surface area contributed by atoms with Gasteiger partial charge in [0.15, 0.2) is 5.17 Å². The van der Waals surface area contributed by atoms with Crippen molar-refractivity contribution in [1.82, 2.24) is 4.90 Å². The normalized spacial score (nSPS) is 23.3. The van der Waals surface area contributed by atoms with Crippen molar-refractivity contribution >= 4 is 52.0 Å². The quantitative estimate of drug-likeness (QED) is 0.727. The molecule has 1 amide bonds. The monoisotopic (exact) mass is 384 g/mol. The molecule has 8 heteroatoms. The Balaban J connectivity index is 2.22. The lowest BCUT2D eigenvalue weighted by Crippen LogP contribution is -2.40. The first kappa shape index (κ1) is 17.3. The first-order chi connectivity index (χ1) is 11.3. The molecule has 2 atom stereocenters. The number of nitrogens with zero attached hydrogens (tertiary/aromatic N) is 2. The van der Waals surface area contributed by atoms with Crippen LogP contribution in [0.15, 0.2) is 34.5 Å². The lowest BCUT2D eigenvalue weighted by Gasteiger charge is -2.33. The molecule has 0 radical (unpaired) electrons. The number of aliphatic imine (C=N–C) groups is 1. The number of hydrogen-bond donors (Lipinski definition) is 0. The molecule has 1 saturated heterocycles. The third-order valence-electron chi connectivity index (χ3n) is 3.92. The molecule has 0 bridgehead atoms. The predicted octanol–water partition coefficient (Wildman–Crippen LogP) is 3.82. The topological polar surface area (TPSA) is 59.0 Å². The molecule has 5 nitrogen and oxygen atoms in total. The summed E-state index contributed by atoms with van der Waals surface area (Å²) in [6, 6.07) is 4.30. The number of hydrogen-bond acceptors (Lipinski definition) is 5. The number of fused-ring (bicyclic) bond motifs is 1. The Kier molecular flexibility index (Phi) is 4.64. The zero-order chi connectivity index (χ0) is 17.6. The van der Waals surface area contributed by atoms with Gasteiger partial charge in [-0.2, -0.15) is 0 Å². The number of halogens is 2. The molecule has 2 aliphatic rings. The van der Waals surface area contributed by atoms with Crippen molar-refractivity contribution in [3.8, 4) is 0 Å². The zero-order valence-electron chi connectivity index (χ0n) is 13.2. The van der Waals surface area contributed by atoms with Crippen LogP contribution in [-0.4, -0.2) is 34.3 Å². The number of amidine groups is 1. The van der Waals surface area contributed by atoms with E-state index in [2.05, 4.69) is 4.99 Å². The Labute approximate surface area is 153 Å². The van der Waals surface area contributed by atoms with E-state index in [4.69, 9.17) is 27.9 Å². The fourth-order valence-electron chi connectivity index (χ4n) is 2.79. The molecule has 126 valence electrons. The highest BCUT2D eigenvalue weighted by molar-refractivity contribution is 8.15. The van der Waals surface area contributed by atoms with Crippen LogP contribution in [0.25, 0.3) is 0 Å². The second-order valence-corrected chi connectivity index (χ2v) is 7.57. The number of amides is 1. The van der Waals surface area contributed by atoms with Gasteiger partial charge < -0.3 is 4.74 Å². The minimum Gasteiger partial charge on any atom is -0.466 e. The smallest absolute Gasteiger partial charge is 0.338 e. The molecule has 0 spiro atoms. The average Bonchev–Trinajstić information content (AvgIpc) is 2.80. The molecule has 1 aromatic carbocycles. The van der Waals surface area contributed by atoms with E-state index in [0.717, 1.165) is 0 Å². The Hall–Kier alpha value is -1.50. The van der Waals surface area contributed by atoms with Gasteiger partial charge in [-0.1, -0.05) is 41.0 Å². The summed E-state index contributed by atoms with van der Waals surface area (Å²) in [4.78, 5) is 30.9. The number of rotatable bonds is 2. The first-order valence-corrected chi connectivity index (χ1v) is 8.81. The molecular formula is C16H14Cl2N2O3S. The Morgan fingerprint density at radius 2 is 2.08 bits per heavy atom. The number of carbonyl (C=O) groups is 2. The molecule has 0 aromatic heterocycles. The van der Waals surface area contributed by atoms with Crippen molar-refractivity contribution < 1.29 is 14.3 Å². The highest BCUT2D eigenvalue weighted by Gasteiger charge is 2.46. The third kappa shape index (κ3) is 2.72. The molecule has 0 saturated carbocycles. The van der Waals surface area contributed by atoms with Crippen LogP contribution in [0.5, 0.6) is 0 Å². The number of thioether (sulfide) groups is 1. The van der Waals surface area contributed by atoms with E-state index < -0.39 is 12.0 Å². The fraction of sp³-hybridized carbons (Fsp3) is 0.312. The van der Waals surface area contributed by atoms with E-state index in [1.807, 2.05) is 6.92 Å². The first-order valence-electron chi connectivity index (χ1n) is 7.17. The van der Waals surface area contributed by atoms with Gasteiger partial charge in [0.2, 0.25) is 5.91 Å². The molecule has 2 heterocycles. The maximum Gasteiger partial charge on any atom is 0.338 e. The average molecular weight is 385 g/mol. The summed E-state index contributed by atoms with van der Waals surface area (Å²) < 4.78 is 4.91. The van der Waals surface area contributed by atoms with Crippen LogP contribution in [0.2, 0.25) is 10.0 Å². The summed E-state index contributed by atoms with van der Waals surface area (Å²) in [7, 11) is 1.30. The zero-order valence-corrected chi connectivity index (χ0v) is 15.5. The fourth-order valence-corrected chi connectivity index (χ4v) is 4.33. The number of methoxy groups -OCH3 is 1. The SMILES string of the molecule is COC(=O)C1=C(C)N=C2S[C@H](C)C(=O)N2[C@H]1c1ccc(Cl)cc1Cl. The van der Waals surface area contributed by atoms with E-state index in [0.29, 0.717) is 32.0 Å². The van der Waals surface area contributed by atoms with Crippen LogP contribution in [0, 0.1) is 0 Å². The van der Waals surface area contributed by atoms with Crippen LogP contribution < -0.4 is 0 Å². The summed E-state index contributed by atoms with van der Waals surface area (Å²) in [5.74, 6) is -0.660. The van der Waals surface area contributed by atoms with E-state index >= 15 is 0 Å². The lowest BCUT2D eigenvalue weighted by atomic mass is 9.94. The number of benzene rings is 1. The number of ether oxygens (including phenoxy) is 1. The van der Waals surface area contributed by atoms with Gasteiger partial charge in [0.25, 0.3) is 0 Å². The van der Waals surface area contributed by atoms with Crippen molar-refractivity contribution in [2.75, 3.05) is 7.11 Å². The third-order valence-corrected chi connectivity index (χ3v) is 5.54. The molecule has 0 N–H and O–H groups in total. The minimum atomic E-state index is -0.681. The molecule has 24 heavy (non-hydrogen) atoms. The van der Waals surface area contributed by atoms with Crippen molar-refractivity contribution in [2.24, 2.45) is 4.99 Å². The lowest BCUT2D eigenvalue weighted by molar-refractivity contribution is -0.137. The minimum absolute atomic E-state index is 0.122. The van der Waals surface area contributed by atoms with Crippen molar-refractivity contribution in [1.29, 1.82) is 0 Å². The second kappa shape index (κ2) is 6.43. The van der Waals surface area contributed by atoms with Gasteiger partial charge in [-0.3, -0.25) is 9.69 Å². The van der Waals surface area contributed by atoms with Gasteiger partial charge in [-0.05, 0) is 31.5 Å². The van der Waals surface area contributed by atoms with Gasteiger partial charge in [0.1, 0.15) is 0 Å². The largest absolute Gasteiger partial charge is 0.466 e. The molecule has 0 unspecified atom stereocenters. The van der Waals surface area contributed by atoms with E-state index in [1.54, 1.807) is 25.1 Å². The Morgan fingerprint density at radius 1 is 1.38 bits per heavy atom. The van der Waals surface area contributed by atoms with Gasteiger partial charge >= 0.3 is 5.97 Å². The van der Waals surface area contributed by atoms with Gasteiger partial charge in [-0.15, -0.1) is 0 Å². The van der Waals surface area contributed by atoms with Crippen LogP contribution in [0.1, 0.15) is 25.5 Å². The van der Waals surface area contributed by atoms with E-state index in [1.165, 1.54) is 23.8 Å². The molecule has 1 aromatic rings. The maximum absolute atomic E-state index is 12.6. The van der Waals surface area contributed by atoms with Gasteiger partial charge in [0.05, 0.1) is 29.7 Å². The summed E-state index contributed by atoms with van der Waals surface area (Å²) >= 11 is 13.7. The van der Waals surface area contributed by atoms with Crippen molar-refractivity contribution in [3.05, 3.63) is 45.1 Å². The molecule has 2 aliphatic heterocycles. The number of carbonyl (C=O) groups excluding carboxylic acids is 2. The Morgan fingerprint density at radius 3 is 2.71 bits per heavy atom. The van der Waals surface area contributed by atoms with E-state index in [9.17, 15) is 9.59 Å². The summed E-state index contributed by atoms with van der Waals surface area (Å²) in [6.07, 6.45) is 0. The van der Waals surface area contributed by atoms with Crippen LogP contribution in [0.4, 0.5) is 0 Å².